The average Bonchev–Trinajstić information content (AvgIpc) is 2.67. The third kappa shape index (κ3) is 4.48. The normalized spacial score (nSPS) is 20.1. The van der Waals surface area contributed by atoms with Gasteiger partial charge >= 0.3 is 5.69 Å². The van der Waals surface area contributed by atoms with Gasteiger partial charge in [-0.15, -0.1) is 6.58 Å². The highest BCUT2D eigenvalue weighted by atomic mass is 16.3. The van der Waals surface area contributed by atoms with E-state index in [1.807, 2.05) is 6.07 Å². The number of H-pyrrole nitrogens is 1. The monoisotopic (exact) mass is 382 g/mol. The third-order valence-corrected chi connectivity index (χ3v) is 5.16. The maximum atomic E-state index is 12.5. The molecule has 1 aliphatic heterocycles. The maximum absolute atomic E-state index is 12.5. The smallest absolute Gasteiger partial charge is 0.328 e. The van der Waals surface area contributed by atoms with Gasteiger partial charge in [0.2, 0.25) is 0 Å². The Morgan fingerprint density at radius 1 is 1.32 bits per heavy atom. The van der Waals surface area contributed by atoms with Crippen molar-refractivity contribution in [3.8, 4) is 5.88 Å². The van der Waals surface area contributed by atoms with Crippen LogP contribution in [0.5, 0.6) is 5.88 Å². The third-order valence-electron chi connectivity index (χ3n) is 5.16. The number of quaternary nitrogens is 1. The molecule has 1 fully saturated rings. The van der Waals surface area contributed by atoms with E-state index in [4.69, 9.17) is 0 Å². The van der Waals surface area contributed by atoms with E-state index >= 15 is 0 Å². The summed E-state index contributed by atoms with van der Waals surface area (Å²) < 4.78 is 0.968. The van der Waals surface area contributed by atoms with Gasteiger partial charge in [0.1, 0.15) is 6.54 Å². The van der Waals surface area contributed by atoms with E-state index < -0.39 is 17.1 Å². The fraction of sp³-hybridized carbons (Fsp3) is 0.381. The van der Waals surface area contributed by atoms with Gasteiger partial charge in [-0.25, -0.2) is 4.79 Å². The molecule has 28 heavy (non-hydrogen) atoms. The molecular weight excluding hydrogens is 356 g/mol. The lowest BCUT2D eigenvalue weighted by atomic mass is 10.0. The average molecular weight is 382 g/mol. The Morgan fingerprint density at radius 3 is 2.64 bits per heavy atom. The summed E-state index contributed by atoms with van der Waals surface area (Å²) in [4.78, 5) is 32.4. The Bertz CT molecular complexity index is 967. The van der Waals surface area contributed by atoms with Crippen LogP contribution in [0.2, 0.25) is 0 Å². The first kappa shape index (κ1) is 19.8. The topological polar surface area (TPSA) is 94.7 Å². The van der Waals surface area contributed by atoms with Crippen molar-refractivity contribution in [1.82, 2.24) is 9.55 Å². The van der Waals surface area contributed by atoms with Crippen LogP contribution in [0, 0.1) is 0 Å². The van der Waals surface area contributed by atoms with Crippen LogP contribution in [-0.2, 0) is 13.1 Å². The Balaban J connectivity index is 1.71. The molecule has 2 N–H and O–H groups in total. The van der Waals surface area contributed by atoms with Crippen molar-refractivity contribution in [1.29, 1.82) is 0 Å². The van der Waals surface area contributed by atoms with E-state index in [0.717, 1.165) is 37.0 Å². The lowest BCUT2D eigenvalue weighted by Crippen LogP contribution is -3.12. The molecule has 1 aliphatic rings. The van der Waals surface area contributed by atoms with E-state index in [1.165, 1.54) is 16.5 Å². The summed E-state index contributed by atoms with van der Waals surface area (Å²) in [6.45, 7) is 8.24. The Morgan fingerprint density at radius 2 is 2.00 bits per heavy atom. The van der Waals surface area contributed by atoms with Crippen molar-refractivity contribution < 1.29 is 10.0 Å². The largest absolute Gasteiger partial charge is 0.859 e. The Kier molecular flexibility index (Phi) is 6.26. The van der Waals surface area contributed by atoms with Gasteiger partial charge in [0.05, 0.1) is 24.7 Å². The van der Waals surface area contributed by atoms with Gasteiger partial charge in [0.25, 0.3) is 5.56 Å². The van der Waals surface area contributed by atoms with Crippen molar-refractivity contribution >= 4 is 5.71 Å². The minimum Gasteiger partial charge on any atom is -0.859 e. The minimum absolute atomic E-state index is 0.0515. The molecule has 1 saturated heterocycles. The molecule has 0 saturated carbocycles. The summed E-state index contributed by atoms with van der Waals surface area (Å²) in [5.41, 5.74) is 0.261. The number of piperidine rings is 1. The number of nitrogens with one attached hydrogen (secondary N) is 2. The van der Waals surface area contributed by atoms with Crippen LogP contribution < -0.4 is 21.3 Å². The summed E-state index contributed by atoms with van der Waals surface area (Å²) in [7, 11) is 0. The lowest BCUT2D eigenvalue weighted by molar-refractivity contribution is -0.918. The second-order valence-electron chi connectivity index (χ2n) is 7.20. The fourth-order valence-corrected chi connectivity index (χ4v) is 3.71. The van der Waals surface area contributed by atoms with E-state index in [9.17, 15) is 14.7 Å². The first-order valence-corrected chi connectivity index (χ1v) is 9.57. The van der Waals surface area contributed by atoms with Crippen LogP contribution >= 0.6 is 0 Å². The van der Waals surface area contributed by atoms with Crippen molar-refractivity contribution in [2.45, 2.75) is 38.9 Å². The van der Waals surface area contributed by atoms with Gasteiger partial charge in [-0.1, -0.05) is 36.4 Å². The molecule has 2 heterocycles. The number of nitrogens with zero attached hydrogens (tertiary/aromatic N) is 2. The zero-order valence-corrected chi connectivity index (χ0v) is 16.1. The number of rotatable bonds is 6. The highest BCUT2D eigenvalue weighted by Gasteiger charge is 2.22. The van der Waals surface area contributed by atoms with Crippen molar-refractivity contribution in [3.05, 3.63) is 75.0 Å². The fourth-order valence-electron chi connectivity index (χ4n) is 3.71. The van der Waals surface area contributed by atoms with Gasteiger partial charge in [-0.3, -0.25) is 14.8 Å². The molecule has 7 heteroatoms. The molecular formula is C21H26N4O3. The molecule has 1 aromatic carbocycles. The number of aromatic nitrogens is 2. The predicted octanol–water partition coefficient (Wildman–Crippen LogP) is -0.147. The zero-order valence-electron chi connectivity index (χ0n) is 16.1. The first-order chi connectivity index (χ1) is 13.5. The van der Waals surface area contributed by atoms with Crippen LogP contribution in [0.25, 0.3) is 0 Å². The second kappa shape index (κ2) is 8.84. The Hall–Kier alpha value is -2.93. The highest BCUT2D eigenvalue weighted by Crippen LogP contribution is 2.12. The van der Waals surface area contributed by atoms with Crippen LogP contribution in [0.4, 0.5) is 0 Å². The molecule has 7 nitrogen and oxygen atoms in total. The van der Waals surface area contributed by atoms with Crippen LogP contribution in [0.15, 0.2) is 57.6 Å². The molecule has 0 amide bonds. The quantitative estimate of drug-likeness (QED) is 0.537. The van der Waals surface area contributed by atoms with Crippen molar-refractivity contribution in [2.75, 3.05) is 13.1 Å². The van der Waals surface area contributed by atoms with Crippen LogP contribution in [0.1, 0.15) is 30.9 Å². The molecule has 3 rings (SSSR count). The van der Waals surface area contributed by atoms with Gasteiger partial charge in [-0.05, 0) is 12.8 Å². The molecule has 0 atom stereocenters. The summed E-state index contributed by atoms with van der Waals surface area (Å²) in [6.07, 6.45) is 3.25. The first-order valence-electron chi connectivity index (χ1n) is 9.57. The molecule has 0 unspecified atom stereocenters. The van der Waals surface area contributed by atoms with Crippen molar-refractivity contribution in [2.24, 2.45) is 4.99 Å². The highest BCUT2D eigenvalue weighted by molar-refractivity contribution is 6.00. The summed E-state index contributed by atoms with van der Waals surface area (Å²) in [5, 5.41) is 12.5. The Labute approximate surface area is 163 Å². The van der Waals surface area contributed by atoms with E-state index in [2.05, 4.69) is 40.8 Å². The van der Waals surface area contributed by atoms with E-state index in [1.54, 1.807) is 6.92 Å². The number of benzene rings is 1. The van der Waals surface area contributed by atoms with Gasteiger partial charge in [0.15, 0.2) is 0 Å². The van der Waals surface area contributed by atoms with Gasteiger partial charge < -0.3 is 14.6 Å². The SMILES string of the molecule is C=CCn1c([O-])c(C(C)=NC2CC[NH+](Cc3ccccc3)CC2)c(=O)[nH]c1=O. The number of hydrogen-bond donors (Lipinski definition) is 2. The number of allylic oxidation sites excluding steroid dienone is 1. The number of likely N-dealkylation sites (tertiary alicyclic amines) is 1. The standard InChI is InChI=1S/C21H26N4O3/c1-3-11-25-20(27)18(19(26)23-21(25)28)15(2)22-17-9-12-24(13-10-17)14-16-7-5-4-6-8-16/h3-8,17,27H,1,9-14H2,2H3,(H,23,26,28). The van der Waals surface area contributed by atoms with Crippen molar-refractivity contribution in [3.63, 3.8) is 0 Å². The zero-order chi connectivity index (χ0) is 20.1. The van der Waals surface area contributed by atoms with Crippen LogP contribution in [0.3, 0.4) is 0 Å². The maximum Gasteiger partial charge on any atom is 0.328 e. The lowest BCUT2D eigenvalue weighted by Gasteiger charge is -2.28. The van der Waals surface area contributed by atoms with Gasteiger partial charge in [-0.2, -0.15) is 0 Å². The van der Waals surface area contributed by atoms with Crippen LogP contribution in [-0.4, -0.2) is 34.4 Å². The molecule has 0 aliphatic carbocycles. The minimum atomic E-state index is -0.718. The molecule has 0 spiro atoms. The van der Waals surface area contributed by atoms with Gasteiger partial charge in [0, 0.05) is 30.7 Å². The summed E-state index contributed by atoms with van der Waals surface area (Å²) in [5.74, 6) is -0.609. The molecule has 0 radical (unpaired) electrons. The summed E-state index contributed by atoms with van der Waals surface area (Å²) >= 11 is 0. The molecule has 148 valence electrons. The number of hydrogen-bond acceptors (Lipinski definition) is 4. The molecule has 0 bridgehead atoms. The number of aromatic amines is 1. The van der Waals surface area contributed by atoms with E-state index in [0.29, 0.717) is 5.71 Å². The van der Waals surface area contributed by atoms with E-state index in [-0.39, 0.29) is 18.2 Å². The molecule has 1 aromatic heterocycles. The molecule has 2 aromatic rings. The number of aliphatic imine (C=N–C) groups is 1. The second-order valence-corrected chi connectivity index (χ2v) is 7.20. The predicted molar refractivity (Wildman–Crippen MR) is 107 cm³/mol. The summed E-state index contributed by atoms with van der Waals surface area (Å²) in [6, 6.07) is 10.5.